The fourth-order valence-electron chi connectivity index (χ4n) is 2.99. The maximum Gasteiger partial charge on any atom is 0.336 e. The first-order valence-corrected chi connectivity index (χ1v) is 8.07. The van der Waals surface area contributed by atoms with E-state index < -0.39 is 5.97 Å². The summed E-state index contributed by atoms with van der Waals surface area (Å²) in [4.78, 5) is 23.6. The van der Waals surface area contributed by atoms with Crippen molar-refractivity contribution in [3.8, 4) is 11.1 Å². The topological polar surface area (TPSA) is 88.0 Å². The van der Waals surface area contributed by atoms with Gasteiger partial charge in [0.15, 0.2) is 0 Å². The molecule has 0 bridgehead atoms. The van der Waals surface area contributed by atoms with Gasteiger partial charge in [0.2, 0.25) is 0 Å². The van der Waals surface area contributed by atoms with Crippen molar-refractivity contribution in [1.82, 2.24) is 14.8 Å². The molecule has 6 heteroatoms. The second kappa shape index (κ2) is 6.33. The molecule has 0 aliphatic heterocycles. The fourth-order valence-corrected chi connectivity index (χ4v) is 2.99. The molecule has 4 rings (SSSR count). The van der Waals surface area contributed by atoms with E-state index in [0.29, 0.717) is 5.56 Å². The highest BCUT2D eigenvalue weighted by molar-refractivity contribution is 5.89. The molecule has 0 radical (unpaired) electrons. The number of nitrogens with one attached hydrogen (secondary N) is 1. The van der Waals surface area contributed by atoms with E-state index in [4.69, 9.17) is 0 Å². The molecular formula is C20H15N3O3. The number of hydrogen-bond acceptors (Lipinski definition) is 3. The first kappa shape index (κ1) is 15.8. The van der Waals surface area contributed by atoms with Crippen molar-refractivity contribution < 1.29 is 9.90 Å². The van der Waals surface area contributed by atoms with Crippen LogP contribution in [0.5, 0.6) is 0 Å². The van der Waals surface area contributed by atoms with Crippen LogP contribution in [0.15, 0.2) is 71.8 Å². The van der Waals surface area contributed by atoms with Crippen molar-refractivity contribution in [3.63, 3.8) is 0 Å². The van der Waals surface area contributed by atoms with Crippen LogP contribution >= 0.6 is 0 Å². The molecule has 2 N–H and O–H groups in total. The number of aromatic amines is 1. The van der Waals surface area contributed by atoms with E-state index in [-0.39, 0.29) is 17.7 Å². The summed E-state index contributed by atoms with van der Waals surface area (Å²) in [7, 11) is 0. The van der Waals surface area contributed by atoms with Crippen LogP contribution < -0.4 is 5.56 Å². The Morgan fingerprint density at radius 2 is 1.88 bits per heavy atom. The number of aromatic nitrogens is 3. The predicted molar refractivity (Wildman–Crippen MR) is 98.3 cm³/mol. The van der Waals surface area contributed by atoms with Gasteiger partial charge in [-0.15, -0.1) is 0 Å². The molecule has 2 aromatic carbocycles. The first-order chi connectivity index (χ1) is 12.6. The molecule has 0 aliphatic rings. The van der Waals surface area contributed by atoms with Crippen molar-refractivity contribution in [1.29, 1.82) is 0 Å². The van der Waals surface area contributed by atoms with Crippen LogP contribution in [0.1, 0.15) is 15.9 Å². The Labute approximate surface area is 148 Å². The third kappa shape index (κ3) is 2.88. The lowest BCUT2D eigenvalue weighted by molar-refractivity contribution is 0.0695. The number of carbonyl (C=O) groups is 1. The molecular weight excluding hydrogens is 330 g/mol. The summed E-state index contributed by atoms with van der Waals surface area (Å²) < 4.78 is 1.52. The molecule has 0 saturated heterocycles. The molecule has 4 aromatic rings. The molecule has 0 aliphatic carbocycles. The third-order valence-corrected chi connectivity index (χ3v) is 4.35. The second-order valence-corrected chi connectivity index (χ2v) is 6.02. The lowest BCUT2D eigenvalue weighted by Crippen LogP contribution is -2.20. The molecule has 0 saturated carbocycles. The Morgan fingerprint density at radius 1 is 1.08 bits per heavy atom. The number of benzene rings is 2. The average molecular weight is 345 g/mol. The summed E-state index contributed by atoms with van der Waals surface area (Å²) in [6.07, 6.45) is 3.50. The monoisotopic (exact) mass is 345 g/mol. The van der Waals surface area contributed by atoms with Crippen LogP contribution in [-0.4, -0.2) is 25.8 Å². The van der Waals surface area contributed by atoms with Crippen LogP contribution in [0.25, 0.3) is 22.0 Å². The van der Waals surface area contributed by atoms with Gasteiger partial charge in [0, 0.05) is 17.6 Å². The van der Waals surface area contributed by atoms with Gasteiger partial charge in [0.25, 0.3) is 5.56 Å². The van der Waals surface area contributed by atoms with E-state index >= 15 is 0 Å². The summed E-state index contributed by atoms with van der Waals surface area (Å²) in [6.45, 7) is 0.196. The molecule has 26 heavy (non-hydrogen) atoms. The van der Waals surface area contributed by atoms with Crippen molar-refractivity contribution in [2.24, 2.45) is 0 Å². The van der Waals surface area contributed by atoms with Crippen molar-refractivity contribution >= 4 is 16.9 Å². The summed E-state index contributed by atoms with van der Waals surface area (Å²) in [5.41, 5.74) is 3.33. The number of nitrogens with zero attached hydrogens (tertiary/aromatic N) is 2. The fraction of sp³-hybridized carbons (Fsp3) is 0.0500. The zero-order valence-corrected chi connectivity index (χ0v) is 13.7. The average Bonchev–Trinajstić information content (AvgIpc) is 3.11. The molecule has 0 amide bonds. The van der Waals surface area contributed by atoms with E-state index in [1.54, 1.807) is 42.7 Å². The molecule has 2 aromatic heterocycles. The summed E-state index contributed by atoms with van der Waals surface area (Å²) in [5, 5.41) is 17.3. The molecule has 128 valence electrons. The number of carboxylic acids is 1. The predicted octanol–water partition coefficient (Wildman–Crippen LogP) is 3.14. The normalized spacial score (nSPS) is 10.9. The highest BCUT2D eigenvalue weighted by Gasteiger charge is 2.11. The van der Waals surface area contributed by atoms with Gasteiger partial charge >= 0.3 is 5.97 Å². The number of carboxylic acid groups (broad SMARTS) is 1. The SMILES string of the molecule is O=C(O)c1ccccc1Cn1cc(-c2ccc3cn[nH]c3c2)ccc1=O. The summed E-state index contributed by atoms with van der Waals surface area (Å²) in [5.74, 6) is -1.01. The van der Waals surface area contributed by atoms with Crippen molar-refractivity contribution in [2.45, 2.75) is 6.54 Å². The molecule has 2 heterocycles. The van der Waals surface area contributed by atoms with E-state index in [9.17, 15) is 14.7 Å². The van der Waals surface area contributed by atoms with E-state index in [1.807, 2.05) is 18.2 Å². The number of fused-ring (bicyclic) bond motifs is 1. The quantitative estimate of drug-likeness (QED) is 0.595. The smallest absolute Gasteiger partial charge is 0.336 e. The minimum Gasteiger partial charge on any atom is -0.478 e. The Bertz CT molecular complexity index is 1170. The summed E-state index contributed by atoms with van der Waals surface area (Å²) >= 11 is 0. The molecule has 0 spiro atoms. The van der Waals surface area contributed by atoms with Gasteiger partial charge < -0.3 is 9.67 Å². The van der Waals surface area contributed by atoms with Crippen molar-refractivity contribution in [3.05, 3.63) is 88.5 Å². The lowest BCUT2D eigenvalue weighted by Gasteiger charge is -2.11. The minimum absolute atomic E-state index is 0.184. The zero-order valence-electron chi connectivity index (χ0n) is 13.7. The molecule has 6 nitrogen and oxygen atoms in total. The summed E-state index contributed by atoms with van der Waals surface area (Å²) in [6, 6.07) is 15.9. The van der Waals surface area contributed by atoms with Gasteiger partial charge in [-0.1, -0.05) is 30.3 Å². The first-order valence-electron chi connectivity index (χ1n) is 8.07. The third-order valence-electron chi connectivity index (χ3n) is 4.35. The van der Waals surface area contributed by atoms with E-state index in [1.165, 1.54) is 10.6 Å². The van der Waals surface area contributed by atoms with Gasteiger partial charge in [0.05, 0.1) is 23.8 Å². The van der Waals surface area contributed by atoms with Gasteiger partial charge in [-0.3, -0.25) is 9.89 Å². The maximum absolute atomic E-state index is 12.3. The Hall–Kier alpha value is -3.67. The molecule has 0 fully saturated rings. The highest BCUT2D eigenvalue weighted by Crippen LogP contribution is 2.22. The number of rotatable bonds is 4. The van der Waals surface area contributed by atoms with Crippen LogP contribution in [0.4, 0.5) is 0 Å². The van der Waals surface area contributed by atoms with E-state index in [2.05, 4.69) is 10.2 Å². The number of pyridine rings is 1. The van der Waals surface area contributed by atoms with Gasteiger partial charge in [0.1, 0.15) is 0 Å². The van der Waals surface area contributed by atoms with E-state index in [0.717, 1.165) is 22.0 Å². The molecule has 0 unspecified atom stereocenters. The standard InChI is InChI=1S/C20H15N3O3/c24-19-8-7-15(13-5-6-14-10-21-22-18(14)9-13)11-23(19)12-16-3-1-2-4-17(16)20(25)26/h1-11H,12H2,(H,21,22)(H,25,26). The van der Waals surface area contributed by atoms with Gasteiger partial charge in [-0.25, -0.2) is 4.79 Å². The Morgan fingerprint density at radius 3 is 2.73 bits per heavy atom. The second-order valence-electron chi connectivity index (χ2n) is 6.02. The van der Waals surface area contributed by atoms with Gasteiger partial charge in [-0.05, 0) is 34.9 Å². The largest absolute Gasteiger partial charge is 0.478 e. The maximum atomic E-state index is 12.3. The number of hydrogen-bond donors (Lipinski definition) is 2. The van der Waals surface area contributed by atoms with Crippen LogP contribution in [0.3, 0.4) is 0 Å². The van der Waals surface area contributed by atoms with Crippen LogP contribution in [0, 0.1) is 0 Å². The Kier molecular flexibility index (Phi) is 3.85. The zero-order chi connectivity index (χ0) is 18.1. The highest BCUT2D eigenvalue weighted by atomic mass is 16.4. The lowest BCUT2D eigenvalue weighted by atomic mass is 10.1. The minimum atomic E-state index is -1.01. The van der Waals surface area contributed by atoms with Crippen molar-refractivity contribution in [2.75, 3.05) is 0 Å². The Balaban J connectivity index is 1.75. The number of aromatic carboxylic acids is 1. The number of H-pyrrole nitrogens is 1. The van der Waals surface area contributed by atoms with Crippen LogP contribution in [0.2, 0.25) is 0 Å². The molecule has 0 atom stereocenters. The van der Waals surface area contributed by atoms with Crippen LogP contribution in [-0.2, 0) is 6.54 Å². The van der Waals surface area contributed by atoms with Gasteiger partial charge in [-0.2, -0.15) is 5.10 Å².